The van der Waals surface area contributed by atoms with Gasteiger partial charge < -0.3 is 21.3 Å². The average Bonchev–Trinajstić information content (AvgIpc) is 2.71. The number of carbonyl (C=O) groups excluding carboxylic acids is 4. The van der Waals surface area contributed by atoms with Gasteiger partial charge in [-0.1, -0.05) is 51.0 Å². The first-order valence-corrected chi connectivity index (χ1v) is 10.6. The standard InChI is InChI=1S/C22H34N4O4/c1-3-5-10-23-19(27)13-21(29)25-15-17-8-7-9-18(12-17)16-26-22(30)14-20(28)24-11-6-4-2/h7-9,12H,3-6,10-11,13-16H2,1-2H3,(H,23,27)(H,24,28)(H,25,29)(H,26,30). The van der Waals surface area contributed by atoms with Crippen LogP contribution in [-0.4, -0.2) is 36.7 Å². The van der Waals surface area contributed by atoms with Gasteiger partial charge in [0.25, 0.3) is 0 Å². The van der Waals surface area contributed by atoms with E-state index >= 15 is 0 Å². The lowest BCUT2D eigenvalue weighted by Gasteiger charge is -2.09. The maximum absolute atomic E-state index is 11.9. The first-order valence-electron chi connectivity index (χ1n) is 10.6. The Balaban J connectivity index is 2.35. The fraction of sp³-hybridized carbons (Fsp3) is 0.545. The highest BCUT2D eigenvalue weighted by Crippen LogP contribution is 2.05. The van der Waals surface area contributed by atoms with Crippen molar-refractivity contribution in [1.29, 1.82) is 0 Å². The van der Waals surface area contributed by atoms with Crippen molar-refractivity contribution in [1.82, 2.24) is 21.3 Å². The van der Waals surface area contributed by atoms with Crippen molar-refractivity contribution < 1.29 is 19.2 Å². The predicted molar refractivity (Wildman–Crippen MR) is 115 cm³/mol. The zero-order valence-electron chi connectivity index (χ0n) is 18.0. The van der Waals surface area contributed by atoms with E-state index in [1.54, 1.807) is 0 Å². The Morgan fingerprint density at radius 3 is 1.47 bits per heavy atom. The van der Waals surface area contributed by atoms with Crippen molar-refractivity contribution >= 4 is 23.6 Å². The van der Waals surface area contributed by atoms with Gasteiger partial charge in [-0.15, -0.1) is 0 Å². The summed E-state index contributed by atoms with van der Waals surface area (Å²) in [6.45, 7) is 5.81. The third-order valence-corrected chi connectivity index (χ3v) is 4.32. The first kappa shape index (κ1) is 25.1. The normalized spacial score (nSPS) is 10.2. The Morgan fingerprint density at radius 2 is 1.07 bits per heavy atom. The quantitative estimate of drug-likeness (QED) is 0.271. The molecule has 1 aromatic rings. The highest BCUT2D eigenvalue weighted by Gasteiger charge is 2.10. The van der Waals surface area contributed by atoms with Crippen LogP contribution in [0.4, 0.5) is 0 Å². The van der Waals surface area contributed by atoms with Crippen LogP contribution in [-0.2, 0) is 32.3 Å². The van der Waals surface area contributed by atoms with Crippen LogP contribution in [0, 0.1) is 0 Å². The molecule has 0 bridgehead atoms. The molecule has 8 nitrogen and oxygen atoms in total. The second-order valence-corrected chi connectivity index (χ2v) is 7.13. The largest absolute Gasteiger partial charge is 0.356 e. The number of hydrogen-bond acceptors (Lipinski definition) is 4. The maximum atomic E-state index is 11.9. The molecular weight excluding hydrogens is 384 g/mol. The average molecular weight is 419 g/mol. The summed E-state index contributed by atoms with van der Waals surface area (Å²) in [5.74, 6) is -1.24. The fourth-order valence-electron chi connectivity index (χ4n) is 2.60. The van der Waals surface area contributed by atoms with Crippen LogP contribution in [0.5, 0.6) is 0 Å². The summed E-state index contributed by atoms with van der Waals surface area (Å²) >= 11 is 0. The minimum absolute atomic E-state index is 0.195. The molecule has 0 atom stereocenters. The van der Waals surface area contributed by atoms with E-state index in [2.05, 4.69) is 21.3 Å². The molecule has 0 unspecified atom stereocenters. The third kappa shape index (κ3) is 11.8. The van der Waals surface area contributed by atoms with Gasteiger partial charge in [0, 0.05) is 26.2 Å². The number of benzene rings is 1. The van der Waals surface area contributed by atoms with Gasteiger partial charge in [-0.2, -0.15) is 0 Å². The zero-order chi connectivity index (χ0) is 22.2. The summed E-state index contributed by atoms with van der Waals surface area (Å²) in [5, 5.41) is 10.9. The summed E-state index contributed by atoms with van der Waals surface area (Å²) in [5.41, 5.74) is 1.72. The Hall–Kier alpha value is -2.90. The van der Waals surface area contributed by atoms with E-state index in [0.29, 0.717) is 26.2 Å². The lowest BCUT2D eigenvalue weighted by atomic mass is 10.1. The van der Waals surface area contributed by atoms with Crippen LogP contribution in [0.25, 0.3) is 0 Å². The monoisotopic (exact) mass is 418 g/mol. The Bertz CT molecular complexity index is 651. The Morgan fingerprint density at radius 1 is 0.667 bits per heavy atom. The van der Waals surface area contributed by atoms with Crippen LogP contribution in [0.2, 0.25) is 0 Å². The molecule has 1 aromatic carbocycles. The van der Waals surface area contributed by atoms with Crippen molar-refractivity contribution in [2.45, 2.75) is 65.5 Å². The SMILES string of the molecule is CCCCNC(=O)CC(=O)NCc1cccc(CNC(=O)CC(=O)NCCCC)c1. The number of rotatable bonds is 14. The molecule has 0 aliphatic heterocycles. The molecule has 0 radical (unpaired) electrons. The first-order chi connectivity index (χ1) is 14.4. The van der Waals surface area contributed by atoms with E-state index in [-0.39, 0.29) is 36.5 Å². The second-order valence-electron chi connectivity index (χ2n) is 7.13. The summed E-state index contributed by atoms with van der Waals surface area (Å²) in [6, 6.07) is 7.41. The molecule has 0 saturated carbocycles. The van der Waals surface area contributed by atoms with Gasteiger partial charge in [0.1, 0.15) is 12.8 Å². The van der Waals surface area contributed by atoms with E-state index in [4.69, 9.17) is 0 Å². The third-order valence-electron chi connectivity index (χ3n) is 4.32. The molecular formula is C22H34N4O4. The molecule has 0 heterocycles. The van der Waals surface area contributed by atoms with Crippen molar-refractivity contribution in [3.8, 4) is 0 Å². The number of unbranched alkanes of at least 4 members (excludes halogenated alkanes) is 2. The molecule has 0 spiro atoms. The van der Waals surface area contributed by atoms with Gasteiger partial charge in [0.05, 0.1) is 0 Å². The van der Waals surface area contributed by atoms with Crippen LogP contribution < -0.4 is 21.3 Å². The van der Waals surface area contributed by atoms with Crippen LogP contribution in [0.1, 0.15) is 63.5 Å². The van der Waals surface area contributed by atoms with Gasteiger partial charge in [-0.25, -0.2) is 0 Å². The van der Waals surface area contributed by atoms with Crippen LogP contribution >= 0.6 is 0 Å². The van der Waals surface area contributed by atoms with Crippen LogP contribution in [0.15, 0.2) is 24.3 Å². The van der Waals surface area contributed by atoms with Gasteiger partial charge >= 0.3 is 0 Å². The molecule has 4 amide bonds. The molecule has 30 heavy (non-hydrogen) atoms. The lowest BCUT2D eigenvalue weighted by Crippen LogP contribution is -2.32. The minimum atomic E-state index is -0.336. The molecule has 8 heteroatoms. The smallest absolute Gasteiger partial charge is 0.229 e. The molecule has 166 valence electrons. The van der Waals surface area contributed by atoms with Crippen LogP contribution in [0.3, 0.4) is 0 Å². The molecule has 0 fully saturated rings. The number of amides is 4. The van der Waals surface area contributed by atoms with Gasteiger partial charge in [-0.05, 0) is 24.0 Å². The lowest BCUT2D eigenvalue weighted by molar-refractivity contribution is -0.131. The zero-order valence-corrected chi connectivity index (χ0v) is 18.0. The van der Waals surface area contributed by atoms with E-state index in [1.165, 1.54) is 0 Å². The second kappa shape index (κ2) is 15.0. The molecule has 4 N–H and O–H groups in total. The van der Waals surface area contributed by atoms with Gasteiger partial charge in [0.15, 0.2) is 0 Å². The van der Waals surface area contributed by atoms with Gasteiger partial charge in [-0.3, -0.25) is 19.2 Å². The van der Waals surface area contributed by atoms with Crippen molar-refractivity contribution in [3.63, 3.8) is 0 Å². The van der Waals surface area contributed by atoms with E-state index < -0.39 is 0 Å². The number of carbonyl (C=O) groups is 4. The Labute approximate surface area is 178 Å². The Kier molecular flexibility index (Phi) is 12.6. The van der Waals surface area contributed by atoms with Crippen molar-refractivity contribution in [3.05, 3.63) is 35.4 Å². The summed E-state index contributed by atoms with van der Waals surface area (Å²) in [7, 11) is 0. The summed E-state index contributed by atoms with van der Waals surface area (Å²) < 4.78 is 0. The predicted octanol–water partition coefficient (Wildman–Crippen LogP) is 1.53. The number of nitrogens with one attached hydrogen (secondary N) is 4. The van der Waals surface area contributed by atoms with Crippen molar-refractivity contribution in [2.24, 2.45) is 0 Å². The highest BCUT2D eigenvalue weighted by atomic mass is 16.2. The molecule has 0 aliphatic rings. The summed E-state index contributed by atoms with van der Waals surface area (Å²) in [4.78, 5) is 47.1. The van der Waals surface area contributed by atoms with E-state index in [1.807, 2.05) is 38.1 Å². The highest BCUT2D eigenvalue weighted by molar-refractivity contribution is 5.97. The summed E-state index contributed by atoms with van der Waals surface area (Å²) in [6.07, 6.45) is 3.35. The maximum Gasteiger partial charge on any atom is 0.229 e. The van der Waals surface area contributed by atoms with Crippen molar-refractivity contribution in [2.75, 3.05) is 13.1 Å². The molecule has 1 rings (SSSR count). The minimum Gasteiger partial charge on any atom is -0.356 e. The van der Waals surface area contributed by atoms with E-state index in [9.17, 15) is 19.2 Å². The van der Waals surface area contributed by atoms with E-state index in [0.717, 1.165) is 36.8 Å². The van der Waals surface area contributed by atoms with Gasteiger partial charge in [0.2, 0.25) is 23.6 Å². The molecule has 0 aliphatic carbocycles. The molecule has 0 saturated heterocycles. The topological polar surface area (TPSA) is 116 Å². The fourth-order valence-corrected chi connectivity index (χ4v) is 2.60. The molecule has 0 aromatic heterocycles. The number of hydrogen-bond donors (Lipinski definition) is 4.